The number of hydrogen-bond donors (Lipinski definition) is 2. The van der Waals surface area contributed by atoms with E-state index in [1.54, 1.807) is 0 Å². The predicted octanol–water partition coefficient (Wildman–Crippen LogP) is 2.68. The molecule has 0 saturated carbocycles. The standard InChI is InChI=1S/C17H27N3/c1-11-4-5-12(2)16(8-11)17(19-18)13-9-14-6-7-15(10-13)20(14)3/h4-5,8,13-15,17,19H,6-7,9-10,18H2,1-3H3. The van der Waals surface area contributed by atoms with E-state index in [9.17, 15) is 0 Å². The van der Waals surface area contributed by atoms with Crippen molar-refractivity contribution in [2.24, 2.45) is 11.8 Å². The highest BCUT2D eigenvalue weighted by Gasteiger charge is 2.41. The molecule has 3 nitrogen and oxygen atoms in total. The molecule has 0 aromatic heterocycles. The molecule has 3 N–H and O–H groups in total. The number of hydrogen-bond acceptors (Lipinski definition) is 3. The van der Waals surface area contributed by atoms with E-state index in [0.717, 1.165) is 12.1 Å². The Labute approximate surface area is 122 Å². The normalized spacial score (nSPS) is 31.5. The van der Waals surface area contributed by atoms with E-state index >= 15 is 0 Å². The molecule has 0 spiro atoms. The summed E-state index contributed by atoms with van der Waals surface area (Å²) in [5.41, 5.74) is 7.18. The van der Waals surface area contributed by atoms with Crippen LogP contribution in [0.2, 0.25) is 0 Å². The number of hydrazine groups is 1. The van der Waals surface area contributed by atoms with Gasteiger partial charge in [-0.15, -0.1) is 0 Å². The quantitative estimate of drug-likeness (QED) is 0.657. The van der Waals surface area contributed by atoms with Crippen LogP contribution < -0.4 is 11.3 Å². The number of benzene rings is 1. The number of nitrogens with one attached hydrogen (secondary N) is 1. The first-order chi connectivity index (χ1) is 9.60. The molecule has 2 fully saturated rings. The van der Waals surface area contributed by atoms with Crippen LogP contribution >= 0.6 is 0 Å². The van der Waals surface area contributed by atoms with Crippen LogP contribution in [0.4, 0.5) is 0 Å². The fraction of sp³-hybridized carbons (Fsp3) is 0.647. The minimum atomic E-state index is 0.298. The van der Waals surface area contributed by atoms with Crippen LogP contribution in [0.5, 0.6) is 0 Å². The zero-order valence-electron chi connectivity index (χ0n) is 12.9. The summed E-state index contributed by atoms with van der Waals surface area (Å²) in [6, 6.07) is 8.54. The molecule has 2 heterocycles. The minimum absolute atomic E-state index is 0.298. The number of rotatable bonds is 3. The summed E-state index contributed by atoms with van der Waals surface area (Å²) in [5, 5.41) is 0. The van der Waals surface area contributed by atoms with E-state index in [-0.39, 0.29) is 0 Å². The van der Waals surface area contributed by atoms with Gasteiger partial charge in [0.2, 0.25) is 0 Å². The molecule has 20 heavy (non-hydrogen) atoms. The lowest BCUT2D eigenvalue weighted by Crippen LogP contribution is -2.45. The van der Waals surface area contributed by atoms with Crippen LogP contribution in [0.3, 0.4) is 0 Å². The van der Waals surface area contributed by atoms with Gasteiger partial charge in [-0.3, -0.25) is 11.3 Å². The summed E-state index contributed by atoms with van der Waals surface area (Å²) >= 11 is 0. The summed E-state index contributed by atoms with van der Waals surface area (Å²) in [4.78, 5) is 2.59. The molecule has 2 aliphatic heterocycles. The summed E-state index contributed by atoms with van der Waals surface area (Å²) in [6.45, 7) is 4.36. The zero-order chi connectivity index (χ0) is 14.3. The lowest BCUT2D eigenvalue weighted by molar-refractivity contribution is 0.112. The average molecular weight is 273 g/mol. The van der Waals surface area contributed by atoms with Crippen LogP contribution in [-0.2, 0) is 0 Å². The molecule has 3 unspecified atom stereocenters. The Balaban J connectivity index is 1.85. The Hall–Kier alpha value is -0.900. The van der Waals surface area contributed by atoms with Crippen molar-refractivity contribution in [1.29, 1.82) is 0 Å². The summed E-state index contributed by atoms with van der Waals surface area (Å²) in [7, 11) is 2.29. The highest BCUT2D eigenvalue weighted by atomic mass is 15.2. The van der Waals surface area contributed by atoms with E-state index in [1.807, 2.05) is 0 Å². The molecule has 1 aromatic rings. The van der Waals surface area contributed by atoms with E-state index in [0.29, 0.717) is 12.0 Å². The molecular weight excluding hydrogens is 246 g/mol. The number of nitrogens with two attached hydrogens (primary N) is 1. The third-order valence-corrected chi connectivity index (χ3v) is 5.56. The highest BCUT2D eigenvalue weighted by Crippen LogP contribution is 2.42. The third kappa shape index (κ3) is 2.39. The van der Waals surface area contributed by atoms with Crippen LogP contribution in [0.1, 0.15) is 48.4 Å². The molecule has 2 saturated heterocycles. The molecule has 0 aliphatic carbocycles. The molecular formula is C17H27N3. The van der Waals surface area contributed by atoms with Crippen LogP contribution in [0, 0.1) is 19.8 Å². The van der Waals surface area contributed by atoms with Gasteiger partial charge >= 0.3 is 0 Å². The summed E-state index contributed by atoms with van der Waals surface area (Å²) < 4.78 is 0. The second kappa shape index (κ2) is 5.47. The molecule has 2 aliphatic rings. The second-order valence-electron chi connectivity index (χ2n) is 6.79. The average Bonchev–Trinajstić information content (AvgIpc) is 2.66. The molecule has 110 valence electrons. The molecule has 3 atom stereocenters. The van der Waals surface area contributed by atoms with Gasteiger partial charge in [-0.25, -0.2) is 0 Å². The molecule has 3 rings (SSSR count). The molecule has 2 bridgehead atoms. The fourth-order valence-electron chi connectivity index (χ4n) is 4.30. The maximum absolute atomic E-state index is 5.94. The Morgan fingerprint density at radius 2 is 1.85 bits per heavy atom. The van der Waals surface area contributed by atoms with Crippen molar-refractivity contribution in [3.8, 4) is 0 Å². The Kier molecular flexibility index (Phi) is 3.85. The van der Waals surface area contributed by atoms with Crippen LogP contribution in [-0.4, -0.2) is 24.0 Å². The van der Waals surface area contributed by atoms with Gasteiger partial charge in [0.15, 0.2) is 0 Å². The Morgan fingerprint density at radius 3 is 2.45 bits per heavy atom. The lowest BCUT2D eigenvalue weighted by Gasteiger charge is -2.40. The maximum Gasteiger partial charge on any atom is 0.0492 e. The highest BCUT2D eigenvalue weighted by molar-refractivity contribution is 5.33. The topological polar surface area (TPSA) is 41.3 Å². The van der Waals surface area contributed by atoms with Gasteiger partial charge in [-0.05, 0) is 63.6 Å². The maximum atomic E-state index is 5.94. The van der Waals surface area contributed by atoms with Gasteiger partial charge in [0.05, 0.1) is 0 Å². The first-order valence-electron chi connectivity index (χ1n) is 7.85. The van der Waals surface area contributed by atoms with E-state index in [1.165, 1.54) is 42.4 Å². The summed E-state index contributed by atoms with van der Waals surface area (Å²) in [5.74, 6) is 6.60. The molecule has 3 heteroatoms. The third-order valence-electron chi connectivity index (χ3n) is 5.56. The van der Waals surface area contributed by atoms with Crippen molar-refractivity contribution in [2.75, 3.05) is 7.05 Å². The second-order valence-corrected chi connectivity index (χ2v) is 6.79. The summed E-state index contributed by atoms with van der Waals surface area (Å²) in [6.07, 6.45) is 5.27. The monoisotopic (exact) mass is 273 g/mol. The molecule has 0 amide bonds. The van der Waals surface area contributed by atoms with Crippen LogP contribution in [0.25, 0.3) is 0 Å². The number of piperidine rings is 1. The SMILES string of the molecule is Cc1ccc(C)c(C(NN)C2CC3CCC(C2)N3C)c1. The Morgan fingerprint density at radius 1 is 1.20 bits per heavy atom. The molecule has 0 radical (unpaired) electrons. The van der Waals surface area contributed by atoms with Gasteiger partial charge in [0.1, 0.15) is 0 Å². The van der Waals surface area contributed by atoms with Gasteiger partial charge in [0.25, 0.3) is 0 Å². The van der Waals surface area contributed by atoms with Gasteiger partial charge in [-0.1, -0.05) is 23.8 Å². The predicted molar refractivity (Wildman–Crippen MR) is 83.3 cm³/mol. The van der Waals surface area contributed by atoms with Gasteiger partial charge < -0.3 is 4.90 Å². The van der Waals surface area contributed by atoms with E-state index in [4.69, 9.17) is 5.84 Å². The number of nitrogens with zero attached hydrogens (tertiary/aromatic N) is 1. The van der Waals surface area contributed by atoms with Crippen molar-refractivity contribution < 1.29 is 0 Å². The lowest BCUT2D eigenvalue weighted by atomic mass is 9.81. The van der Waals surface area contributed by atoms with Crippen LogP contribution in [0.15, 0.2) is 18.2 Å². The molecule has 1 aromatic carbocycles. The van der Waals surface area contributed by atoms with E-state index in [2.05, 4.69) is 49.4 Å². The number of aryl methyl sites for hydroxylation is 2. The van der Waals surface area contributed by atoms with Crippen molar-refractivity contribution in [3.63, 3.8) is 0 Å². The zero-order valence-corrected chi connectivity index (χ0v) is 12.9. The first kappa shape index (κ1) is 14.1. The van der Waals surface area contributed by atoms with Crippen molar-refractivity contribution in [1.82, 2.24) is 10.3 Å². The van der Waals surface area contributed by atoms with Crippen molar-refractivity contribution in [3.05, 3.63) is 34.9 Å². The largest absolute Gasteiger partial charge is 0.300 e. The van der Waals surface area contributed by atoms with E-state index < -0.39 is 0 Å². The van der Waals surface area contributed by atoms with Crippen molar-refractivity contribution >= 4 is 0 Å². The minimum Gasteiger partial charge on any atom is -0.300 e. The number of fused-ring (bicyclic) bond motifs is 2. The smallest absolute Gasteiger partial charge is 0.0492 e. The first-order valence-corrected chi connectivity index (χ1v) is 7.85. The van der Waals surface area contributed by atoms with Crippen molar-refractivity contribution in [2.45, 2.75) is 57.7 Å². The Bertz CT molecular complexity index is 471. The van der Waals surface area contributed by atoms with Gasteiger partial charge in [-0.2, -0.15) is 0 Å². The fourth-order valence-corrected chi connectivity index (χ4v) is 4.30. The van der Waals surface area contributed by atoms with Gasteiger partial charge in [0, 0.05) is 18.1 Å².